The van der Waals surface area contributed by atoms with Crippen molar-refractivity contribution in [1.82, 2.24) is 0 Å². The molecule has 0 spiro atoms. The number of hydrogen-bond donors (Lipinski definition) is 2. The Hall–Kier alpha value is -4.00. The number of esters is 1. The van der Waals surface area contributed by atoms with E-state index in [9.17, 15) is 14.7 Å². The standard InChI is InChI=1S/C22H19NO6/c1-2-27-22(26)21(25)23-15-8-10-17(11-9-15)28-18-12-13-19(24)20(14-18)29-16-6-4-3-5-7-16/h3-14,24H,2H2,1H3,(H,23,25). The van der Waals surface area contributed by atoms with Gasteiger partial charge in [0, 0.05) is 11.8 Å². The van der Waals surface area contributed by atoms with E-state index in [1.165, 1.54) is 6.07 Å². The number of rotatable bonds is 6. The van der Waals surface area contributed by atoms with Gasteiger partial charge in [0.25, 0.3) is 0 Å². The number of hydrogen-bond acceptors (Lipinski definition) is 6. The number of benzene rings is 3. The second-order valence-corrected chi connectivity index (χ2v) is 5.85. The monoisotopic (exact) mass is 393 g/mol. The van der Waals surface area contributed by atoms with E-state index in [4.69, 9.17) is 9.47 Å². The molecule has 0 aromatic heterocycles. The van der Waals surface area contributed by atoms with E-state index in [0.29, 0.717) is 22.9 Å². The fourth-order valence-corrected chi connectivity index (χ4v) is 2.38. The van der Waals surface area contributed by atoms with Crippen LogP contribution in [0.1, 0.15) is 6.92 Å². The molecule has 29 heavy (non-hydrogen) atoms. The Balaban J connectivity index is 1.66. The van der Waals surface area contributed by atoms with Gasteiger partial charge in [0.2, 0.25) is 0 Å². The zero-order valence-electron chi connectivity index (χ0n) is 15.6. The minimum Gasteiger partial charge on any atom is -0.504 e. The molecule has 7 heteroatoms. The first-order chi connectivity index (χ1) is 14.0. The molecule has 2 N–H and O–H groups in total. The van der Waals surface area contributed by atoms with E-state index in [-0.39, 0.29) is 18.1 Å². The second kappa shape index (κ2) is 9.27. The van der Waals surface area contributed by atoms with Crippen molar-refractivity contribution in [2.45, 2.75) is 6.92 Å². The molecule has 0 fully saturated rings. The average molecular weight is 393 g/mol. The maximum Gasteiger partial charge on any atom is 0.397 e. The number of amides is 1. The van der Waals surface area contributed by atoms with Gasteiger partial charge in [-0.3, -0.25) is 4.79 Å². The van der Waals surface area contributed by atoms with E-state index < -0.39 is 11.9 Å². The first kappa shape index (κ1) is 19.8. The van der Waals surface area contributed by atoms with Crippen LogP contribution >= 0.6 is 0 Å². The summed E-state index contributed by atoms with van der Waals surface area (Å²) in [5.74, 6) is -0.0101. The lowest BCUT2D eigenvalue weighted by Crippen LogP contribution is -2.24. The van der Waals surface area contributed by atoms with Crippen molar-refractivity contribution >= 4 is 17.6 Å². The number of phenols is 1. The summed E-state index contributed by atoms with van der Waals surface area (Å²) < 4.78 is 16.1. The Kier molecular flexibility index (Phi) is 6.32. The molecule has 0 aliphatic rings. The summed E-state index contributed by atoms with van der Waals surface area (Å²) in [6.45, 7) is 1.75. The maximum absolute atomic E-state index is 11.6. The highest BCUT2D eigenvalue weighted by Gasteiger charge is 2.14. The van der Waals surface area contributed by atoms with E-state index >= 15 is 0 Å². The summed E-state index contributed by atoms with van der Waals surface area (Å²) in [5.41, 5.74) is 0.425. The minimum absolute atomic E-state index is 0.0155. The predicted octanol–water partition coefficient (Wildman–Crippen LogP) is 4.48. The lowest BCUT2D eigenvalue weighted by molar-refractivity contribution is -0.152. The number of para-hydroxylation sites is 1. The molecular weight excluding hydrogens is 374 g/mol. The highest BCUT2D eigenvalue weighted by molar-refractivity contribution is 6.37. The molecular formula is C22H19NO6. The van der Waals surface area contributed by atoms with Crippen molar-refractivity contribution in [3.63, 3.8) is 0 Å². The van der Waals surface area contributed by atoms with Crippen LogP contribution in [0, 0.1) is 0 Å². The SMILES string of the molecule is CCOC(=O)C(=O)Nc1ccc(Oc2ccc(O)c(Oc3ccccc3)c2)cc1. The van der Waals surface area contributed by atoms with Crippen LogP contribution in [0.3, 0.4) is 0 Å². The Morgan fingerprint density at radius 3 is 2.21 bits per heavy atom. The van der Waals surface area contributed by atoms with Crippen LogP contribution in [0.15, 0.2) is 72.8 Å². The lowest BCUT2D eigenvalue weighted by Gasteiger charge is -2.11. The molecule has 1 amide bonds. The maximum atomic E-state index is 11.6. The van der Waals surface area contributed by atoms with E-state index in [0.717, 1.165) is 0 Å². The molecule has 3 aromatic carbocycles. The molecule has 0 aliphatic carbocycles. The van der Waals surface area contributed by atoms with Crippen molar-refractivity contribution < 1.29 is 28.9 Å². The van der Waals surface area contributed by atoms with Gasteiger partial charge in [0.1, 0.15) is 17.2 Å². The van der Waals surface area contributed by atoms with Gasteiger partial charge in [0.15, 0.2) is 11.5 Å². The molecule has 0 bridgehead atoms. The second-order valence-electron chi connectivity index (χ2n) is 5.85. The van der Waals surface area contributed by atoms with Gasteiger partial charge in [-0.2, -0.15) is 0 Å². The zero-order valence-corrected chi connectivity index (χ0v) is 15.6. The number of phenolic OH excluding ortho intramolecular Hbond substituents is 1. The number of aromatic hydroxyl groups is 1. The molecule has 0 heterocycles. The first-order valence-corrected chi connectivity index (χ1v) is 8.87. The van der Waals surface area contributed by atoms with Gasteiger partial charge in [-0.15, -0.1) is 0 Å². The number of nitrogens with one attached hydrogen (secondary N) is 1. The Labute approximate surface area is 167 Å². The Morgan fingerprint density at radius 1 is 0.862 bits per heavy atom. The summed E-state index contributed by atoms with van der Waals surface area (Å²) in [4.78, 5) is 23.0. The van der Waals surface area contributed by atoms with Crippen molar-refractivity contribution in [3.8, 4) is 28.7 Å². The molecule has 7 nitrogen and oxygen atoms in total. The van der Waals surface area contributed by atoms with Crippen LogP contribution in [0.2, 0.25) is 0 Å². The fourth-order valence-electron chi connectivity index (χ4n) is 2.38. The average Bonchev–Trinajstić information content (AvgIpc) is 2.73. The zero-order chi connectivity index (χ0) is 20.6. The van der Waals surface area contributed by atoms with Crippen molar-refractivity contribution in [3.05, 3.63) is 72.8 Å². The smallest absolute Gasteiger partial charge is 0.397 e. The summed E-state index contributed by atoms with van der Waals surface area (Å²) in [6.07, 6.45) is 0. The van der Waals surface area contributed by atoms with Crippen molar-refractivity contribution in [1.29, 1.82) is 0 Å². The summed E-state index contributed by atoms with van der Waals surface area (Å²) in [7, 11) is 0. The van der Waals surface area contributed by atoms with Gasteiger partial charge in [-0.1, -0.05) is 18.2 Å². The largest absolute Gasteiger partial charge is 0.504 e. The summed E-state index contributed by atoms with van der Waals surface area (Å²) in [5, 5.41) is 12.4. The fraction of sp³-hybridized carbons (Fsp3) is 0.0909. The van der Waals surface area contributed by atoms with Crippen molar-refractivity contribution in [2.24, 2.45) is 0 Å². The number of ether oxygens (including phenoxy) is 3. The highest BCUT2D eigenvalue weighted by Crippen LogP contribution is 2.35. The molecule has 3 rings (SSSR count). The third-order valence-electron chi connectivity index (χ3n) is 3.71. The van der Waals surface area contributed by atoms with Crippen LogP contribution < -0.4 is 14.8 Å². The van der Waals surface area contributed by atoms with Gasteiger partial charge >= 0.3 is 11.9 Å². The highest BCUT2D eigenvalue weighted by atomic mass is 16.5. The molecule has 0 saturated carbocycles. The Bertz CT molecular complexity index is 986. The predicted molar refractivity (Wildman–Crippen MR) is 106 cm³/mol. The number of anilines is 1. The molecule has 3 aromatic rings. The molecule has 0 aliphatic heterocycles. The van der Waals surface area contributed by atoms with E-state index in [1.54, 1.807) is 55.5 Å². The molecule has 0 radical (unpaired) electrons. The van der Waals surface area contributed by atoms with Gasteiger partial charge in [-0.05, 0) is 55.5 Å². The topological polar surface area (TPSA) is 94.1 Å². The van der Waals surface area contributed by atoms with Crippen LogP contribution in [-0.4, -0.2) is 23.6 Å². The summed E-state index contributed by atoms with van der Waals surface area (Å²) >= 11 is 0. The van der Waals surface area contributed by atoms with E-state index in [1.807, 2.05) is 18.2 Å². The van der Waals surface area contributed by atoms with Crippen LogP contribution in [-0.2, 0) is 14.3 Å². The molecule has 0 unspecified atom stereocenters. The van der Waals surface area contributed by atoms with Crippen LogP contribution in [0.4, 0.5) is 5.69 Å². The molecule has 148 valence electrons. The van der Waals surface area contributed by atoms with Crippen LogP contribution in [0.5, 0.6) is 28.7 Å². The van der Waals surface area contributed by atoms with Gasteiger partial charge in [0.05, 0.1) is 6.61 Å². The van der Waals surface area contributed by atoms with Crippen molar-refractivity contribution in [2.75, 3.05) is 11.9 Å². The molecule has 0 saturated heterocycles. The first-order valence-electron chi connectivity index (χ1n) is 8.87. The van der Waals surface area contributed by atoms with Gasteiger partial charge < -0.3 is 24.6 Å². The molecule has 0 atom stereocenters. The van der Waals surface area contributed by atoms with E-state index in [2.05, 4.69) is 10.1 Å². The normalized spacial score (nSPS) is 10.1. The summed E-state index contributed by atoms with van der Waals surface area (Å²) in [6, 6.07) is 20.2. The van der Waals surface area contributed by atoms with Crippen LogP contribution in [0.25, 0.3) is 0 Å². The number of carbonyl (C=O) groups is 2. The number of carbonyl (C=O) groups excluding carboxylic acids is 2. The third-order valence-corrected chi connectivity index (χ3v) is 3.71. The van der Waals surface area contributed by atoms with Gasteiger partial charge in [-0.25, -0.2) is 4.79 Å². The third kappa shape index (κ3) is 5.49. The quantitative estimate of drug-likeness (QED) is 0.474. The Morgan fingerprint density at radius 2 is 1.52 bits per heavy atom. The minimum atomic E-state index is -0.942. The lowest BCUT2D eigenvalue weighted by atomic mass is 10.2.